The summed E-state index contributed by atoms with van der Waals surface area (Å²) >= 11 is 0. The molecule has 4 aromatic rings. The van der Waals surface area contributed by atoms with Crippen molar-refractivity contribution in [3.05, 3.63) is 89.6 Å². The summed E-state index contributed by atoms with van der Waals surface area (Å²) in [4.78, 5) is 7.81. The molecule has 5 heteroatoms. The number of benzene rings is 3. The summed E-state index contributed by atoms with van der Waals surface area (Å²) in [5.41, 5.74) is 6.84. The lowest BCUT2D eigenvalue weighted by molar-refractivity contribution is 0.242. The molecule has 0 saturated carbocycles. The molecule has 200 valence electrons. The van der Waals surface area contributed by atoms with Gasteiger partial charge in [-0.1, -0.05) is 87.0 Å². The number of hydrogen-bond donors (Lipinski definition) is 0. The summed E-state index contributed by atoms with van der Waals surface area (Å²) in [5.74, 6) is 2.79. The van der Waals surface area contributed by atoms with Crippen LogP contribution in [-0.2, 0) is 19.6 Å². The van der Waals surface area contributed by atoms with Gasteiger partial charge >= 0.3 is 0 Å². The Balaban J connectivity index is 1.80. The van der Waals surface area contributed by atoms with Crippen molar-refractivity contribution in [2.45, 2.75) is 59.7 Å². The van der Waals surface area contributed by atoms with E-state index in [0.29, 0.717) is 0 Å². The predicted octanol–water partition coefficient (Wildman–Crippen LogP) is 7.76. The first kappa shape index (κ1) is 27.5. The van der Waals surface area contributed by atoms with Crippen molar-refractivity contribution in [1.29, 1.82) is 0 Å². The molecule has 0 spiro atoms. The third-order valence-corrected chi connectivity index (χ3v) is 7.06. The van der Waals surface area contributed by atoms with Gasteiger partial charge < -0.3 is 14.0 Å². The van der Waals surface area contributed by atoms with Gasteiger partial charge in [0.25, 0.3) is 0 Å². The summed E-state index contributed by atoms with van der Waals surface area (Å²) in [6.07, 6.45) is 3.31. The zero-order valence-corrected chi connectivity index (χ0v) is 23.5. The molecule has 0 aliphatic carbocycles. The molecule has 0 atom stereocenters. The molecule has 0 aliphatic rings. The van der Waals surface area contributed by atoms with E-state index in [4.69, 9.17) is 14.5 Å². The van der Waals surface area contributed by atoms with E-state index in [1.165, 1.54) is 11.3 Å². The highest BCUT2D eigenvalue weighted by molar-refractivity contribution is 5.68. The minimum Gasteiger partial charge on any atom is -0.496 e. The van der Waals surface area contributed by atoms with Gasteiger partial charge in [-0.15, -0.1) is 0 Å². The lowest BCUT2D eigenvalue weighted by Crippen LogP contribution is -2.26. The number of imidazole rings is 1. The van der Waals surface area contributed by atoms with Crippen LogP contribution in [-0.4, -0.2) is 35.2 Å². The SMILES string of the molecule is CCCCN(Cc1ccc(OC)c(C)c1OC)Cc1c(-c2ccccc2)nc(-c2ccccc2)n1CCC. The molecule has 1 aromatic heterocycles. The second-order valence-electron chi connectivity index (χ2n) is 9.76. The van der Waals surface area contributed by atoms with Crippen molar-refractivity contribution >= 4 is 0 Å². The number of hydrogen-bond acceptors (Lipinski definition) is 4. The Bertz CT molecular complexity index is 1300. The monoisotopic (exact) mass is 511 g/mol. The van der Waals surface area contributed by atoms with Gasteiger partial charge in [-0.2, -0.15) is 0 Å². The summed E-state index contributed by atoms with van der Waals surface area (Å²) in [7, 11) is 3.46. The lowest BCUT2D eigenvalue weighted by Gasteiger charge is -2.25. The minimum atomic E-state index is 0.792. The van der Waals surface area contributed by atoms with Crippen LogP contribution in [0, 0.1) is 6.92 Å². The molecule has 0 fully saturated rings. The van der Waals surface area contributed by atoms with E-state index < -0.39 is 0 Å². The fourth-order valence-corrected chi connectivity index (χ4v) is 5.15. The molecule has 0 saturated heterocycles. The molecule has 1 heterocycles. The van der Waals surface area contributed by atoms with E-state index in [2.05, 4.69) is 103 Å². The fourth-order valence-electron chi connectivity index (χ4n) is 5.15. The molecular weight excluding hydrogens is 470 g/mol. The second kappa shape index (κ2) is 13.3. The zero-order chi connectivity index (χ0) is 26.9. The zero-order valence-electron chi connectivity index (χ0n) is 23.5. The molecule has 0 unspecified atom stereocenters. The number of aromatic nitrogens is 2. The first-order chi connectivity index (χ1) is 18.6. The highest BCUT2D eigenvalue weighted by atomic mass is 16.5. The summed E-state index contributed by atoms with van der Waals surface area (Å²) in [6, 6.07) is 25.4. The number of nitrogens with zero attached hydrogens (tertiary/aromatic N) is 3. The summed E-state index contributed by atoms with van der Waals surface area (Å²) in [5, 5.41) is 0. The van der Waals surface area contributed by atoms with Crippen molar-refractivity contribution in [1.82, 2.24) is 14.5 Å². The van der Waals surface area contributed by atoms with Crippen LogP contribution in [0.2, 0.25) is 0 Å². The van der Waals surface area contributed by atoms with Crippen LogP contribution in [0.4, 0.5) is 0 Å². The maximum atomic E-state index is 5.87. The Kier molecular flexibility index (Phi) is 9.61. The van der Waals surface area contributed by atoms with E-state index in [0.717, 1.165) is 85.1 Å². The smallest absolute Gasteiger partial charge is 0.140 e. The average Bonchev–Trinajstić information content (AvgIpc) is 3.30. The molecule has 0 amide bonds. The molecule has 5 nitrogen and oxygen atoms in total. The number of unbranched alkanes of at least 4 members (excludes halogenated alkanes) is 1. The largest absolute Gasteiger partial charge is 0.496 e. The Hall–Kier alpha value is -3.57. The van der Waals surface area contributed by atoms with Gasteiger partial charge in [-0.3, -0.25) is 4.90 Å². The van der Waals surface area contributed by atoms with Gasteiger partial charge in [0.1, 0.15) is 17.3 Å². The lowest BCUT2D eigenvalue weighted by atomic mass is 10.1. The van der Waals surface area contributed by atoms with E-state index in [9.17, 15) is 0 Å². The molecule has 0 bridgehead atoms. The maximum absolute atomic E-state index is 5.87. The van der Waals surface area contributed by atoms with Crippen molar-refractivity contribution in [3.63, 3.8) is 0 Å². The first-order valence-corrected chi connectivity index (χ1v) is 13.7. The molecule has 0 radical (unpaired) electrons. The average molecular weight is 512 g/mol. The van der Waals surface area contributed by atoms with Gasteiger partial charge in [0.15, 0.2) is 0 Å². The second-order valence-corrected chi connectivity index (χ2v) is 9.76. The van der Waals surface area contributed by atoms with Crippen LogP contribution in [0.3, 0.4) is 0 Å². The highest BCUT2D eigenvalue weighted by Gasteiger charge is 2.22. The molecular formula is C33H41N3O2. The van der Waals surface area contributed by atoms with Gasteiger partial charge in [0.2, 0.25) is 0 Å². The Morgan fingerprint density at radius 3 is 2.08 bits per heavy atom. The Morgan fingerprint density at radius 2 is 1.47 bits per heavy atom. The number of methoxy groups -OCH3 is 2. The summed E-state index contributed by atoms with van der Waals surface area (Å²) in [6.45, 7) is 10.1. The molecule has 3 aromatic carbocycles. The van der Waals surface area contributed by atoms with Crippen LogP contribution in [0.1, 0.15) is 49.9 Å². The first-order valence-electron chi connectivity index (χ1n) is 13.7. The van der Waals surface area contributed by atoms with Crippen molar-refractivity contribution in [2.24, 2.45) is 0 Å². The standard InChI is InChI=1S/C33H41N3O2/c1-6-8-22-35(23-28-19-20-30(37-4)25(3)32(28)38-5)24-29-31(26-15-11-9-12-16-26)34-33(36(29)21-7-2)27-17-13-10-14-18-27/h9-20H,6-8,21-24H2,1-5H3. The third-order valence-electron chi connectivity index (χ3n) is 7.06. The molecule has 0 aliphatic heterocycles. The fraction of sp³-hybridized carbons (Fsp3) is 0.364. The van der Waals surface area contributed by atoms with Crippen LogP contribution < -0.4 is 9.47 Å². The van der Waals surface area contributed by atoms with E-state index in [-0.39, 0.29) is 0 Å². The van der Waals surface area contributed by atoms with Gasteiger partial charge in [-0.25, -0.2) is 4.98 Å². The van der Waals surface area contributed by atoms with Crippen LogP contribution in [0.15, 0.2) is 72.8 Å². The maximum Gasteiger partial charge on any atom is 0.140 e. The van der Waals surface area contributed by atoms with E-state index in [1.54, 1.807) is 14.2 Å². The number of ether oxygens (including phenoxy) is 2. The topological polar surface area (TPSA) is 39.5 Å². The third kappa shape index (κ3) is 6.11. The Morgan fingerprint density at radius 1 is 0.789 bits per heavy atom. The Labute approximate surface area is 228 Å². The van der Waals surface area contributed by atoms with Crippen molar-refractivity contribution in [3.8, 4) is 34.1 Å². The van der Waals surface area contributed by atoms with Gasteiger partial charge in [-0.05, 0) is 32.4 Å². The van der Waals surface area contributed by atoms with E-state index >= 15 is 0 Å². The predicted molar refractivity (Wildman–Crippen MR) is 157 cm³/mol. The quantitative estimate of drug-likeness (QED) is 0.184. The molecule has 38 heavy (non-hydrogen) atoms. The van der Waals surface area contributed by atoms with Gasteiger partial charge in [0.05, 0.1) is 25.6 Å². The van der Waals surface area contributed by atoms with Gasteiger partial charge in [0, 0.05) is 41.9 Å². The highest BCUT2D eigenvalue weighted by Crippen LogP contribution is 2.34. The van der Waals surface area contributed by atoms with Crippen LogP contribution >= 0.6 is 0 Å². The van der Waals surface area contributed by atoms with Crippen molar-refractivity contribution in [2.75, 3.05) is 20.8 Å². The number of rotatable bonds is 13. The molecule has 4 rings (SSSR count). The van der Waals surface area contributed by atoms with E-state index in [1.807, 2.05) is 0 Å². The van der Waals surface area contributed by atoms with Crippen molar-refractivity contribution < 1.29 is 9.47 Å². The van der Waals surface area contributed by atoms with Crippen LogP contribution in [0.5, 0.6) is 11.5 Å². The van der Waals surface area contributed by atoms with Crippen LogP contribution in [0.25, 0.3) is 22.6 Å². The minimum absolute atomic E-state index is 0.792. The normalized spacial score (nSPS) is 11.2. The summed E-state index contributed by atoms with van der Waals surface area (Å²) < 4.78 is 13.9. The molecule has 0 N–H and O–H groups in total.